The monoisotopic (exact) mass is 316 g/mol. The van der Waals surface area contributed by atoms with Crippen LogP contribution in [0.25, 0.3) is 11.4 Å². The molecule has 23 heavy (non-hydrogen) atoms. The number of aryl methyl sites for hydroxylation is 1. The fourth-order valence-electron chi connectivity index (χ4n) is 2.91. The maximum Gasteiger partial charge on any atom is 0.220 e. The molecule has 2 aromatic rings. The van der Waals surface area contributed by atoms with Crippen LogP contribution in [-0.2, 0) is 17.8 Å². The Labute approximate surface area is 134 Å². The van der Waals surface area contributed by atoms with Gasteiger partial charge in [-0.2, -0.15) is 0 Å². The third kappa shape index (κ3) is 3.57. The standard InChI is InChI=1S/C17H21FN4O/c1-11(2)9-16(23)19-14-7-8-15-20-21-17(22(15)10-14)12-3-5-13(18)6-4-12/h3-6,11,14H,7-10H2,1-2H3,(H,19,23)/t14-/m0/s1. The number of halogens is 1. The van der Waals surface area contributed by atoms with Gasteiger partial charge in [0.1, 0.15) is 11.6 Å². The first-order chi connectivity index (χ1) is 11.0. The number of benzene rings is 1. The molecule has 1 aliphatic rings. The number of fused-ring (bicyclic) bond motifs is 1. The summed E-state index contributed by atoms with van der Waals surface area (Å²) in [5.74, 6) is 1.80. The van der Waals surface area contributed by atoms with Crippen molar-refractivity contribution in [3.05, 3.63) is 35.9 Å². The van der Waals surface area contributed by atoms with Gasteiger partial charge in [0.25, 0.3) is 0 Å². The smallest absolute Gasteiger partial charge is 0.220 e. The molecule has 0 bridgehead atoms. The van der Waals surface area contributed by atoms with Crippen molar-refractivity contribution in [1.82, 2.24) is 20.1 Å². The summed E-state index contributed by atoms with van der Waals surface area (Å²) in [7, 11) is 0. The number of aromatic nitrogens is 3. The Morgan fingerprint density at radius 2 is 2.09 bits per heavy atom. The molecule has 1 aromatic heterocycles. The molecule has 0 unspecified atom stereocenters. The predicted molar refractivity (Wildman–Crippen MR) is 85.1 cm³/mol. The highest BCUT2D eigenvalue weighted by Gasteiger charge is 2.24. The summed E-state index contributed by atoms with van der Waals surface area (Å²) in [4.78, 5) is 12.0. The Hall–Kier alpha value is -2.24. The highest BCUT2D eigenvalue weighted by Crippen LogP contribution is 2.23. The second-order valence-corrected chi connectivity index (χ2v) is 6.46. The lowest BCUT2D eigenvalue weighted by Crippen LogP contribution is -2.41. The van der Waals surface area contributed by atoms with E-state index in [9.17, 15) is 9.18 Å². The van der Waals surface area contributed by atoms with Gasteiger partial charge in [-0.15, -0.1) is 10.2 Å². The molecule has 5 nitrogen and oxygen atoms in total. The van der Waals surface area contributed by atoms with E-state index in [2.05, 4.69) is 15.5 Å². The third-order valence-corrected chi connectivity index (χ3v) is 4.01. The Bertz CT molecular complexity index is 693. The summed E-state index contributed by atoms with van der Waals surface area (Å²) in [6.07, 6.45) is 2.18. The van der Waals surface area contributed by atoms with Crippen molar-refractivity contribution < 1.29 is 9.18 Å². The molecule has 0 saturated heterocycles. The Morgan fingerprint density at radius 3 is 2.78 bits per heavy atom. The fraction of sp³-hybridized carbons (Fsp3) is 0.471. The van der Waals surface area contributed by atoms with Crippen LogP contribution in [0.3, 0.4) is 0 Å². The van der Waals surface area contributed by atoms with Crippen LogP contribution >= 0.6 is 0 Å². The zero-order valence-electron chi connectivity index (χ0n) is 13.4. The van der Waals surface area contributed by atoms with E-state index < -0.39 is 0 Å². The highest BCUT2D eigenvalue weighted by molar-refractivity contribution is 5.76. The van der Waals surface area contributed by atoms with Crippen LogP contribution in [0, 0.1) is 11.7 Å². The number of hydrogen-bond acceptors (Lipinski definition) is 3. The van der Waals surface area contributed by atoms with Crippen LogP contribution in [0.4, 0.5) is 4.39 Å². The molecule has 2 heterocycles. The van der Waals surface area contributed by atoms with Gasteiger partial charge in [0.2, 0.25) is 5.91 Å². The molecule has 0 radical (unpaired) electrons. The fourth-order valence-corrected chi connectivity index (χ4v) is 2.91. The van der Waals surface area contributed by atoms with Crippen LogP contribution < -0.4 is 5.32 Å². The number of nitrogens with zero attached hydrogens (tertiary/aromatic N) is 3. The second-order valence-electron chi connectivity index (χ2n) is 6.46. The van der Waals surface area contributed by atoms with Gasteiger partial charge in [-0.3, -0.25) is 4.79 Å². The zero-order valence-corrected chi connectivity index (χ0v) is 13.4. The molecule has 1 amide bonds. The summed E-state index contributed by atoms with van der Waals surface area (Å²) in [6, 6.07) is 6.33. The summed E-state index contributed by atoms with van der Waals surface area (Å²) >= 11 is 0. The van der Waals surface area contributed by atoms with Crippen LogP contribution in [-0.4, -0.2) is 26.7 Å². The first-order valence-electron chi connectivity index (χ1n) is 8.00. The van der Waals surface area contributed by atoms with Crippen molar-refractivity contribution in [2.45, 2.75) is 45.7 Å². The lowest BCUT2D eigenvalue weighted by molar-refractivity contribution is -0.122. The Morgan fingerprint density at radius 1 is 1.35 bits per heavy atom. The molecular weight excluding hydrogens is 295 g/mol. The van der Waals surface area contributed by atoms with Gasteiger partial charge >= 0.3 is 0 Å². The van der Waals surface area contributed by atoms with Crippen LogP contribution in [0.1, 0.15) is 32.5 Å². The van der Waals surface area contributed by atoms with Gasteiger partial charge in [0.15, 0.2) is 5.82 Å². The largest absolute Gasteiger partial charge is 0.352 e. The Kier molecular flexibility index (Phi) is 4.41. The minimum atomic E-state index is -0.272. The van der Waals surface area contributed by atoms with E-state index in [1.807, 2.05) is 18.4 Å². The first-order valence-corrected chi connectivity index (χ1v) is 8.00. The number of hydrogen-bond donors (Lipinski definition) is 1. The topological polar surface area (TPSA) is 59.8 Å². The molecule has 1 aliphatic heterocycles. The van der Waals surface area contributed by atoms with Crippen molar-refractivity contribution in [3.8, 4) is 11.4 Å². The van der Waals surface area contributed by atoms with Crippen molar-refractivity contribution >= 4 is 5.91 Å². The molecule has 6 heteroatoms. The number of carbonyl (C=O) groups excluding carboxylic acids is 1. The van der Waals surface area contributed by atoms with Crippen molar-refractivity contribution in [3.63, 3.8) is 0 Å². The van der Waals surface area contributed by atoms with E-state index >= 15 is 0 Å². The molecule has 0 spiro atoms. The average Bonchev–Trinajstić information content (AvgIpc) is 2.90. The molecule has 1 atom stereocenters. The van der Waals surface area contributed by atoms with Gasteiger partial charge in [0.05, 0.1) is 0 Å². The lowest BCUT2D eigenvalue weighted by atomic mass is 10.0. The molecule has 1 N–H and O–H groups in total. The first kappa shape index (κ1) is 15.6. The Balaban J connectivity index is 1.76. The van der Waals surface area contributed by atoms with E-state index in [1.165, 1.54) is 12.1 Å². The van der Waals surface area contributed by atoms with E-state index in [1.54, 1.807) is 12.1 Å². The van der Waals surface area contributed by atoms with Crippen molar-refractivity contribution in [2.75, 3.05) is 0 Å². The van der Waals surface area contributed by atoms with E-state index in [0.717, 1.165) is 30.1 Å². The van der Waals surface area contributed by atoms with E-state index in [0.29, 0.717) is 18.9 Å². The predicted octanol–water partition coefficient (Wildman–Crippen LogP) is 2.56. The van der Waals surface area contributed by atoms with Gasteiger partial charge in [-0.05, 0) is 36.6 Å². The van der Waals surface area contributed by atoms with E-state index in [-0.39, 0.29) is 17.8 Å². The van der Waals surface area contributed by atoms with Gasteiger partial charge in [-0.25, -0.2) is 4.39 Å². The van der Waals surface area contributed by atoms with Gasteiger partial charge in [-0.1, -0.05) is 13.8 Å². The van der Waals surface area contributed by atoms with Crippen molar-refractivity contribution in [1.29, 1.82) is 0 Å². The molecular formula is C17H21FN4O. The summed E-state index contributed by atoms with van der Waals surface area (Å²) in [5, 5.41) is 11.6. The van der Waals surface area contributed by atoms with Crippen molar-refractivity contribution in [2.24, 2.45) is 5.92 Å². The molecule has 122 valence electrons. The number of rotatable bonds is 4. The molecule has 0 aliphatic carbocycles. The SMILES string of the molecule is CC(C)CC(=O)N[C@H]1CCc2nnc(-c3ccc(F)cc3)n2C1. The number of nitrogens with one attached hydrogen (secondary N) is 1. The van der Waals surface area contributed by atoms with Crippen LogP contribution in [0.15, 0.2) is 24.3 Å². The van der Waals surface area contributed by atoms with Crippen LogP contribution in [0.5, 0.6) is 0 Å². The highest BCUT2D eigenvalue weighted by atomic mass is 19.1. The maximum absolute atomic E-state index is 13.1. The quantitative estimate of drug-likeness (QED) is 0.943. The van der Waals surface area contributed by atoms with Crippen LogP contribution in [0.2, 0.25) is 0 Å². The zero-order chi connectivity index (χ0) is 16.4. The summed E-state index contributed by atoms with van der Waals surface area (Å²) in [6.45, 7) is 4.72. The molecule has 0 saturated carbocycles. The molecule has 1 aromatic carbocycles. The second kappa shape index (κ2) is 6.48. The minimum Gasteiger partial charge on any atom is -0.352 e. The minimum absolute atomic E-state index is 0.0870. The third-order valence-electron chi connectivity index (χ3n) is 4.01. The van der Waals surface area contributed by atoms with Gasteiger partial charge in [0, 0.05) is 31.0 Å². The maximum atomic E-state index is 13.1. The average molecular weight is 316 g/mol. The summed E-state index contributed by atoms with van der Waals surface area (Å²) < 4.78 is 15.1. The van der Waals surface area contributed by atoms with Gasteiger partial charge < -0.3 is 9.88 Å². The lowest BCUT2D eigenvalue weighted by Gasteiger charge is -2.25. The van der Waals surface area contributed by atoms with E-state index in [4.69, 9.17) is 0 Å². The number of carbonyl (C=O) groups is 1. The normalized spacial score (nSPS) is 17.1. The number of amides is 1. The molecule has 0 fully saturated rings. The molecule has 3 rings (SSSR count). The summed E-state index contributed by atoms with van der Waals surface area (Å²) in [5.41, 5.74) is 0.833.